The lowest BCUT2D eigenvalue weighted by Crippen LogP contribution is -2.37. The van der Waals surface area contributed by atoms with Crippen LogP contribution in [-0.4, -0.2) is 45.0 Å². The lowest BCUT2D eigenvalue weighted by Gasteiger charge is -2.35. The van der Waals surface area contributed by atoms with Gasteiger partial charge in [0.25, 0.3) is 5.91 Å². The molecule has 21 heavy (non-hydrogen) atoms. The van der Waals surface area contributed by atoms with Crippen LogP contribution in [0.2, 0.25) is 0 Å². The van der Waals surface area contributed by atoms with Gasteiger partial charge in [0.1, 0.15) is 6.61 Å². The number of hydrogen-bond acceptors (Lipinski definition) is 6. The standard InChI is InChI=1S/C12H17N3O5S/c16-11-8-14-21(18,19)15(11)7-6-13-12(17)20-9-10-4-2-1-3-5-10/h1-5,14,18-19H,6-9H2,(H,13,17). The van der Waals surface area contributed by atoms with Crippen molar-refractivity contribution in [2.45, 2.75) is 6.61 Å². The molecule has 0 bridgehead atoms. The lowest BCUT2D eigenvalue weighted by atomic mass is 10.2. The Labute approximate surface area is 123 Å². The van der Waals surface area contributed by atoms with E-state index in [9.17, 15) is 18.7 Å². The van der Waals surface area contributed by atoms with Gasteiger partial charge in [-0.15, -0.1) is 0 Å². The van der Waals surface area contributed by atoms with Gasteiger partial charge in [-0.2, -0.15) is 4.72 Å². The van der Waals surface area contributed by atoms with Crippen LogP contribution in [-0.2, 0) is 16.1 Å². The molecule has 8 nitrogen and oxygen atoms in total. The predicted octanol–water partition coefficient (Wildman–Crippen LogP) is 0.925. The number of nitrogens with one attached hydrogen (secondary N) is 2. The maximum atomic E-state index is 11.5. The van der Waals surface area contributed by atoms with Crippen LogP contribution >= 0.6 is 11.0 Å². The number of rotatable bonds is 5. The molecule has 1 aromatic carbocycles. The summed E-state index contributed by atoms with van der Waals surface area (Å²) in [5.74, 6) is -0.422. The Bertz CT molecular complexity index is 511. The Balaban J connectivity index is 1.69. The van der Waals surface area contributed by atoms with Crippen LogP contribution in [0, 0.1) is 0 Å². The first-order valence-corrected chi connectivity index (χ1v) is 7.77. The van der Waals surface area contributed by atoms with Gasteiger partial charge in [-0.1, -0.05) is 41.3 Å². The van der Waals surface area contributed by atoms with Gasteiger partial charge >= 0.3 is 6.09 Å². The minimum Gasteiger partial charge on any atom is -0.445 e. The van der Waals surface area contributed by atoms with E-state index in [0.717, 1.165) is 9.87 Å². The van der Waals surface area contributed by atoms with Crippen LogP contribution in [0.25, 0.3) is 0 Å². The van der Waals surface area contributed by atoms with Crippen molar-refractivity contribution in [3.63, 3.8) is 0 Å². The molecule has 9 heteroatoms. The highest BCUT2D eigenvalue weighted by Gasteiger charge is 2.34. The molecule has 0 aliphatic carbocycles. The van der Waals surface area contributed by atoms with E-state index in [2.05, 4.69) is 10.0 Å². The van der Waals surface area contributed by atoms with Gasteiger partial charge in [0.15, 0.2) is 0 Å². The summed E-state index contributed by atoms with van der Waals surface area (Å²) < 4.78 is 27.3. The van der Waals surface area contributed by atoms with Crippen molar-refractivity contribution in [3.05, 3.63) is 35.9 Å². The van der Waals surface area contributed by atoms with E-state index in [0.29, 0.717) is 0 Å². The van der Waals surface area contributed by atoms with Crippen molar-refractivity contribution in [2.75, 3.05) is 19.6 Å². The molecule has 1 saturated heterocycles. The molecular formula is C12H17N3O5S. The van der Waals surface area contributed by atoms with Gasteiger partial charge in [0.05, 0.1) is 13.1 Å². The van der Waals surface area contributed by atoms with Crippen molar-refractivity contribution >= 4 is 23.0 Å². The van der Waals surface area contributed by atoms with E-state index in [4.69, 9.17) is 4.74 Å². The Morgan fingerprint density at radius 2 is 2.10 bits per heavy atom. The van der Waals surface area contributed by atoms with E-state index >= 15 is 0 Å². The number of benzene rings is 1. The van der Waals surface area contributed by atoms with Crippen molar-refractivity contribution < 1.29 is 23.4 Å². The molecule has 2 rings (SSSR count). The van der Waals surface area contributed by atoms with Crippen LogP contribution in [0.4, 0.5) is 4.79 Å². The van der Waals surface area contributed by atoms with E-state index in [1.165, 1.54) is 0 Å². The molecule has 1 heterocycles. The Hall–Kier alpha value is -1.81. The highest BCUT2D eigenvalue weighted by Crippen LogP contribution is 2.41. The third-order valence-electron chi connectivity index (χ3n) is 2.80. The van der Waals surface area contributed by atoms with Crippen molar-refractivity contribution in [1.82, 2.24) is 14.3 Å². The van der Waals surface area contributed by atoms with Crippen molar-refractivity contribution in [3.8, 4) is 0 Å². The van der Waals surface area contributed by atoms with Crippen molar-refractivity contribution in [1.29, 1.82) is 0 Å². The van der Waals surface area contributed by atoms with Crippen LogP contribution in [0.15, 0.2) is 30.3 Å². The molecule has 116 valence electrons. The molecule has 1 aliphatic heterocycles. The van der Waals surface area contributed by atoms with Gasteiger partial charge in [-0.3, -0.25) is 13.9 Å². The number of nitrogens with zero attached hydrogens (tertiary/aromatic N) is 1. The molecule has 0 unspecified atom stereocenters. The summed E-state index contributed by atoms with van der Waals surface area (Å²) in [6.07, 6.45) is -0.630. The van der Waals surface area contributed by atoms with E-state index in [1.54, 1.807) is 0 Å². The van der Waals surface area contributed by atoms with Gasteiger partial charge < -0.3 is 10.1 Å². The number of amides is 2. The SMILES string of the molecule is O=C(NCCN1C(=O)CNS1(O)O)OCc1ccccc1. The zero-order chi connectivity index (χ0) is 15.3. The molecule has 1 fully saturated rings. The molecule has 0 spiro atoms. The number of alkyl carbamates (subject to hydrolysis) is 1. The molecule has 4 N–H and O–H groups in total. The molecule has 1 aliphatic rings. The predicted molar refractivity (Wildman–Crippen MR) is 77.2 cm³/mol. The second kappa shape index (κ2) is 6.76. The van der Waals surface area contributed by atoms with E-state index in [1.807, 2.05) is 30.3 Å². The zero-order valence-corrected chi connectivity index (χ0v) is 12.0. The summed E-state index contributed by atoms with van der Waals surface area (Å²) in [5, 5.41) is 2.45. The fourth-order valence-electron chi connectivity index (χ4n) is 1.75. The smallest absolute Gasteiger partial charge is 0.407 e. The fraction of sp³-hybridized carbons (Fsp3) is 0.333. The first-order chi connectivity index (χ1) is 9.99. The fourth-order valence-corrected chi connectivity index (χ4v) is 2.92. The minimum atomic E-state index is -3.25. The summed E-state index contributed by atoms with van der Waals surface area (Å²) in [6, 6.07) is 9.21. The monoisotopic (exact) mass is 315 g/mol. The van der Waals surface area contributed by atoms with E-state index < -0.39 is 23.0 Å². The highest BCUT2D eigenvalue weighted by atomic mass is 32.3. The summed E-state index contributed by atoms with van der Waals surface area (Å²) in [6.45, 7) is 0.0817. The number of ether oxygens (including phenoxy) is 1. The Kier molecular flexibility index (Phi) is 5.02. The summed E-state index contributed by atoms with van der Waals surface area (Å²) in [7, 11) is -3.25. The summed E-state index contributed by atoms with van der Waals surface area (Å²) >= 11 is 0. The normalized spacial score (nSPS) is 18.4. The summed E-state index contributed by atoms with van der Waals surface area (Å²) in [4.78, 5) is 22.9. The van der Waals surface area contributed by atoms with Crippen LogP contribution in [0.3, 0.4) is 0 Å². The van der Waals surface area contributed by atoms with Gasteiger partial charge in [0.2, 0.25) is 0 Å². The van der Waals surface area contributed by atoms with Gasteiger partial charge in [0, 0.05) is 6.54 Å². The maximum Gasteiger partial charge on any atom is 0.407 e. The first-order valence-electron chi connectivity index (χ1n) is 6.27. The second-order valence-electron chi connectivity index (χ2n) is 4.32. The Morgan fingerprint density at radius 1 is 1.38 bits per heavy atom. The minimum absolute atomic E-state index is 0.00535. The lowest BCUT2D eigenvalue weighted by molar-refractivity contribution is -0.124. The van der Waals surface area contributed by atoms with E-state index in [-0.39, 0.29) is 26.2 Å². The average Bonchev–Trinajstić information content (AvgIpc) is 2.73. The third-order valence-corrected chi connectivity index (χ3v) is 4.33. The third kappa shape index (κ3) is 4.33. The van der Waals surface area contributed by atoms with Gasteiger partial charge in [-0.25, -0.2) is 9.10 Å². The first kappa shape index (κ1) is 15.6. The van der Waals surface area contributed by atoms with Crippen LogP contribution < -0.4 is 10.0 Å². The molecule has 0 radical (unpaired) electrons. The van der Waals surface area contributed by atoms with Crippen molar-refractivity contribution in [2.24, 2.45) is 0 Å². The average molecular weight is 315 g/mol. The van der Waals surface area contributed by atoms with Gasteiger partial charge in [-0.05, 0) is 5.56 Å². The number of carbonyl (C=O) groups is 2. The molecular weight excluding hydrogens is 298 g/mol. The quantitative estimate of drug-likeness (QED) is 0.643. The van der Waals surface area contributed by atoms with Crippen LogP contribution in [0.1, 0.15) is 5.56 Å². The van der Waals surface area contributed by atoms with Crippen LogP contribution in [0.5, 0.6) is 0 Å². The molecule has 2 amide bonds. The molecule has 0 aromatic heterocycles. The number of carbonyl (C=O) groups excluding carboxylic acids is 2. The molecule has 1 aromatic rings. The topological polar surface area (TPSA) is 111 Å². The highest BCUT2D eigenvalue weighted by molar-refractivity contribution is 8.21. The number of hydrogen-bond donors (Lipinski definition) is 4. The molecule has 0 atom stereocenters. The largest absolute Gasteiger partial charge is 0.445 e. The maximum absolute atomic E-state index is 11.5. The second-order valence-corrected chi connectivity index (χ2v) is 6.09. The summed E-state index contributed by atoms with van der Waals surface area (Å²) in [5.41, 5.74) is 0.862. The molecule has 0 saturated carbocycles. The zero-order valence-electron chi connectivity index (χ0n) is 11.2. The Morgan fingerprint density at radius 3 is 2.71 bits per heavy atom.